The second-order valence-corrected chi connectivity index (χ2v) is 3.16. The summed E-state index contributed by atoms with van der Waals surface area (Å²) < 4.78 is 0. The van der Waals surface area contributed by atoms with Gasteiger partial charge in [-0.05, 0) is 6.42 Å². The first-order chi connectivity index (χ1) is 5.92. The molecule has 69 valence electrons. The second kappa shape index (κ2) is 4.72. The average Bonchev–Trinajstić information content (AvgIpc) is 2.74. The Morgan fingerprint density at radius 2 is 2.15 bits per heavy atom. The van der Waals surface area contributed by atoms with Gasteiger partial charge in [0.2, 0.25) is 0 Å². The van der Waals surface area contributed by atoms with Crippen molar-refractivity contribution in [3.63, 3.8) is 0 Å². The molecule has 0 aromatic rings. The van der Waals surface area contributed by atoms with Crippen LogP contribution in [0.3, 0.4) is 0 Å². The van der Waals surface area contributed by atoms with Gasteiger partial charge < -0.3 is 0 Å². The maximum absolute atomic E-state index is 3.37. The molecule has 0 bridgehead atoms. The number of rotatable bonds is 2. The fraction of sp³-hybridized carbons (Fsp3) is 0.333. The van der Waals surface area contributed by atoms with Crippen LogP contribution in [0.2, 0.25) is 0 Å². The molecule has 1 heteroatoms. The summed E-state index contributed by atoms with van der Waals surface area (Å²) in [6.07, 6.45) is 15.5. The molecule has 0 atom stereocenters. The van der Waals surface area contributed by atoms with Crippen LogP contribution < -0.4 is 0 Å². The molecular formula is C12H13Ru. The van der Waals surface area contributed by atoms with E-state index in [0.717, 1.165) is 19.3 Å². The van der Waals surface area contributed by atoms with Gasteiger partial charge >= 0.3 is 19.5 Å². The van der Waals surface area contributed by atoms with Crippen molar-refractivity contribution < 1.29 is 19.5 Å². The van der Waals surface area contributed by atoms with Crippen LogP contribution in [0, 0.1) is 6.08 Å². The molecular weight excluding hydrogens is 245 g/mol. The van der Waals surface area contributed by atoms with Crippen LogP contribution in [0.15, 0.2) is 41.0 Å². The predicted molar refractivity (Wildman–Crippen MR) is 51.6 cm³/mol. The zero-order valence-corrected chi connectivity index (χ0v) is 9.52. The van der Waals surface area contributed by atoms with Gasteiger partial charge in [0.1, 0.15) is 0 Å². The Morgan fingerprint density at radius 3 is 2.77 bits per heavy atom. The third-order valence-corrected chi connectivity index (χ3v) is 2.43. The second-order valence-electron chi connectivity index (χ2n) is 3.16. The Labute approximate surface area is 92.9 Å². The van der Waals surface area contributed by atoms with E-state index >= 15 is 0 Å². The van der Waals surface area contributed by atoms with Gasteiger partial charge in [-0.25, -0.2) is 0 Å². The van der Waals surface area contributed by atoms with Crippen molar-refractivity contribution in [2.45, 2.75) is 26.2 Å². The summed E-state index contributed by atoms with van der Waals surface area (Å²) in [6.45, 7) is 2.21. The Bertz CT molecular complexity index is 303. The van der Waals surface area contributed by atoms with Crippen LogP contribution >= 0.6 is 0 Å². The van der Waals surface area contributed by atoms with E-state index < -0.39 is 0 Å². The van der Waals surface area contributed by atoms with E-state index in [2.05, 4.69) is 37.3 Å². The monoisotopic (exact) mass is 259 g/mol. The molecule has 2 aliphatic rings. The van der Waals surface area contributed by atoms with E-state index in [4.69, 9.17) is 0 Å². The summed E-state index contributed by atoms with van der Waals surface area (Å²) in [7, 11) is 0. The minimum absolute atomic E-state index is 0. The molecule has 0 saturated heterocycles. The summed E-state index contributed by atoms with van der Waals surface area (Å²) in [5, 5.41) is 0. The Kier molecular flexibility index (Phi) is 3.87. The molecule has 13 heavy (non-hydrogen) atoms. The molecule has 0 nitrogen and oxygen atoms in total. The van der Waals surface area contributed by atoms with Crippen molar-refractivity contribution in [3.05, 3.63) is 47.1 Å². The maximum atomic E-state index is 3.37. The molecule has 2 aliphatic carbocycles. The molecule has 0 heterocycles. The van der Waals surface area contributed by atoms with Crippen molar-refractivity contribution in [1.29, 1.82) is 0 Å². The summed E-state index contributed by atoms with van der Waals surface area (Å²) in [5.74, 6) is 0. The summed E-state index contributed by atoms with van der Waals surface area (Å²) in [4.78, 5) is 0. The van der Waals surface area contributed by atoms with E-state index in [1.165, 1.54) is 16.7 Å². The van der Waals surface area contributed by atoms with Crippen LogP contribution in [-0.2, 0) is 19.5 Å². The first-order valence-corrected chi connectivity index (χ1v) is 4.58. The van der Waals surface area contributed by atoms with Gasteiger partial charge in [-0.15, -0.1) is 11.6 Å². The van der Waals surface area contributed by atoms with E-state index in [9.17, 15) is 0 Å². The van der Waals surface area contributed by atoms with E-state index in [1.807, 2.05) is 0 Å². The Morgan fingerprint density at radius 1 is 1.31 bits per heavy atom. The molecule has 0 aliphatic heterocycles. The number of hydrogen-bond donors (Lipinski definition) is 0. The minimum atomic E-state index is 0. The fourth-order valence-electron chi connectivity index (χ4n) is 1.78. The molecule has 0 N–H and O–H groups in total. The first-order valence-electron chi connectivity index (χ1n) is 4.58. The van der Waals surface area contributed by atoms with Crippen LogP contribution in [0.25, 0.3) is 0 Å². The summed E-state index contributed by atoms with van der Waals surface area (Å²) >= 11 is 0. The topological polar surface area (TPSA) is 0 Å². The largest absolute Gasteiger partial charge is 1.00 e. The average molecular weight is 258 g/mol. The third-order valence-electron chi connectivity index (χ3n) is 2.43. The van der Waals surface area contributed by atoms with Crippen molar-refractivity contribution in [2.24, 2.45) is 0 Å². The normalized spacial score (nSPS) is 19.3. The van der Waals surface area contributed by atoms with Crippen molar-refractivity contribution in [1.82, 2.24) is 0 Å². The smallest absolute Gasteiger partial charge is 0.198 e. The third kappa shape index (κ3) is 2.09. The molecule has 0 amide bonds. The molecule has 2 rings (SSSR count). The van der Waals surface area contributed by atoms with Crippen molar-refractivity contribution >= 4 is 0 Å². The van der Waals surface area contributed by atoms with Crippen molar-refractivity contribution in [2.75, 3.05) is 0 Å². The van der Waals surface area contributed by atoms with Crippen molar-refractivity contribution in [3.8, 4) is 0 Å². The van der Waals surface area contributed by atoms with Gasteiger partial charge in [0, 0.05) is 0 Å². The van der Waals surface area contributed by atoms with E-state index in [0.29, 0.717) is 0 Å². The number of allylic oxidation sites excluding steroid dienone is 8. The van der Waals surface area contributed by atoms with Gasteiger partial charge in [-0.2, -0.15) is 17.7 Å². The van der Waals surface area contributed by atoms with E-state index in [-0.39, 0.29) is 19.5 Å². The van der Waals surface area contributed by atoms with Crippen LogP contribution in [0.4, 0.5) is 0 Å². The van der Waals surface area contributed by atoms with Crippen LogP contribution in [0.1, 0.15) is 26.2 Å². The molecule has 0 unspecified atom stereocenters. The molecule has 0 aromatic heterocycles. The molecule has 0 spiro atoms. The quantitative estimate of drug-likeness (QED) is 0.526. The standard InChI is InChI=1S/C12H13.Ru/c1-2-10-8-5-9-12(10)11-6-3-4-7-11;/h3,5-6,8H,2,4,9H2,1H3;/q-1;+1. The Balaban J connectivity index is 0.000000845. The van der Waals surface area contributed by atoms with Gasteiger partial charge in [0.25, 0.3) is 0 Å². The van der Waals surface area contributed by atoms with Gasteiger partial charge in [0.05, 0.1) is 0 Å². The summed E-state index contributed by atoms with van der Waals surface area (Å²) in [6, 6.07) is 0. The van der Waals surface area contributed by atoms with Crippen LogP contribution in [-0.4, -0.2) is 0 Å². The zero-order chi connectivity index (χ0) is 8.39. The maximum Gasteiger partial charge on any atom is 1.00 e. The minimum Gasteiger partial charge on any atom is -0.198 e. The van der Waals surface area contributed by atoms with Gasteiger partial charge in [-0.3, -0.25) is 0 Å². The SMILES string of the molecule is CCC1=C(C2=[C-]CC=C2)CC=C1.[Ru+]. The summed E-state index contributed by atoms with van der Waals surface area (Å²) in [5.41, 5.74) is 4.31. The molecule has 0 saturated carbocycles. The zero-order valence-electron chi connectivity index (χ0n) is 7.78. The molecule has 0 fully saturated rings. The Hall–Kier alpha value is -0.417. The number of hydrogen-bond acceptors (Lipinski definition) is 0. The predicted octanol–water partition coefficient (Wildman–Crippen LogP) is 3.34. The molecule has 1 radical (unpaired) electrons. The first kappa shape index (κ1) is 10.7. The van der Waals surface area contributed by atoms with Crippen LogP contribution in [0.5, 0.6) is 0 Å². The van der Waals surface area contributed by atoms with Gasteiger partial charge in [-0.1, -0.05) is 37.5 Å². The van der Waals surface area contributed by atoms with E-state index in [1.54, 1.807) is 0 Å². The fourth-order valence-corrected chi connectivity index (χ4v) is 1.78. The molecule has 0 aromatic carbocycles. The van der Waals surface area contributed by atoms with Gasteiger partial charge in [0.15, 0.2) is 0 Å².